The van der Waals surface area contributed by atoms with Crippen molar-refractivity contribution in [3.63, 3.8) is 0 Å². The summed E-state index contributed by atoms with van der Waals surface area (Å²) in [5.41, 5.74) is 0.933. The van der Waals surface area contributed by atoms with Gasteiger partial charge in [0.2, 0.25) is 0 Å². The van der Waals surface area contributed by atoms with Crippen LogP contribution in [0, 0.1) is 6.92 Å². The number of aryl methyl sites for hydroxylation is 1. The van der Waals surface area contributed by atoms with Crippen molar-refractivity contribution in [3.05, 3.63) is 23.5 Å². The van der Waals surface area contributed by atoms with Crippen molar-refractivity contribution in [1.29, 1.82) is 0 Å². The molecule has 7 nitrogen and oxygen atoms in total. The van der Waals surface area contributed by atoms with Gasteiger partial charge in [-0.2, -0.15) is 0 Å². The molecule has 0 saturated carbocycles. The lowest BCUT2D eigenvalue weighted by Gasteiger charge is -2.36. The molecule has 1 aromatic rings. The maximum Gasteiger partial charge on any atom is 0.407 e. The van der Waals surface area contributed by atoms with E-state index in [0.29, 0.717) is 30.2 Å². The lowest BCUT2D eigenvalue weighted by Crippen LogP contribution is -2.55. The SMILES string of the molecule is CNC(=O)c1ccc(OC2CN(C(=O)O)C2)c(C)n1. The first-order chi connectivity index (χ1) is 9.01. The van der Waals surface area contributed by atoms with Crippen LogP contribution in [0.25, 0.3) is 0 Å². The molecule has 19 heavy (non-hydrogen) atoms. The number of nitrogens with zero attached hydrogens (tertiary/aromatic N) is 2. The average molecular weight is 265 g/mol. The topological polar surface area (TPSA) is 91.8 Å². The number of rotatable bonds is 3. The van der Waals surface area contributed by atoms with Crippen molar-refractivity contribution in [2.45, 2.75) is 13.0 Å². The van der Waals surface area contributed by atoms with Crippen molar-refractivity contribution in [2.24, 2.45) is 0 Å². The molecule has 0 spiro atoms. The Labute approximate surface area is 110 Å². The molecule has 0 atom stereocenters. The molecule has 102 valence electrons. The predicted molar refractivity (Wildman–Crippen MR) is 66.4 cm³/mol. The van der Waals surface area contributed by atoms with Gasteiger partial charge < -0.3 is 20.1 Å². The number of aromatic nitrogens is 1. The number of carbonyl (C=O) groups is 2. The number of ether oxygens (including phenoxy) is 1. The van der Waals surface area contributed by atoms with E-state index in [9.17, 15) is 9.59 Å². The van der Waals surface area contributed by atoms with Gasteiger partial charge in [-0.25, -0.2) is 9.78 Å². The monoisotopic (exact) mass is 265 g/mol. The van der Waals surface area contributed by atoms with Gasteiger partial charge in [-0.3, -0.25) is 4.79 Å². The Morgan fingerprint density at radius 1 is 1.47 bits per heavy atom. The molecule has 0 bridgehead atoms. The molecule has 0 aliphatic carbocycles. The summed E-state index contributed by atoms with van der Waals surface area (Å²) < 4.78 is 5.63. The average Bonchev–Trinajstić information content (AvgIpc) is 2.33. The van der Waals surface area contributed by atoms with Gasteiger partial charge in [0.25, 0.3) is 5.91 Å². The van der Waals surface area contributed by atoms with Gasteiger partial charge in [0.1, 0.15) is 17.5 Å². The standard InChI is InChI=1S/C12H15N3O4/c1-7-10(4-3-9(14-7)11(16)13-2)19-8-5-15(6-8)12(17)18/h3-4,8H,5-6H2,1-2H3,(H,13,16)(H,17,18). The van der Waals surface area contributed by atoms with E-state index >= 15 is 0 Å². The highest BCUT2D eigenvalue weighted by atomic mass is 16.5. The lowest BCUT2D eigenvalue weighted by atomic mass is 10.2. The van der Waals surface area contributed by atoms with Crippen molar-refractivity contribution in [3.8, 4) is 5.75 Å². The second-order valence-electron chi connectivity index (χ2n) is 4.29. The Kier molecular flexibility index (Phi) is 3.55. The molecule has 1 aromatic heterocycles. The maximum absolute atomic E-state index is 11.4. The zero-order chi connectivity index (χ0) is 14.0. The van der Waals surface area contributed by atoms with E-state index in [1.807, 2.05) is 0 Å². The second kappa shape index (κ2) is 5.13. The molecule has 1 saturated heterocycles. The summed E-state index contributed by atoms with van der Waals surface area (Å²) >= 11 is 0. The maximum atomic E-state index is 11.4. The minimum absolute atomic E-state index is 0.151. The molecule has 1 fully saturated rings. The molecular weight excluding hydrogens is 250 g/mol. The number of carbonyl (C=O) groups excluding carboxylic acids is 1. The third kappa shape index (κ3) is 2.75. The van der Waals surface area contributed by atoms with Gasteiger partial charge in [-0.05, 0) is 19.1 Å². The van der Waals surface area contributed by atoms with E-state index in [2.05, 4.69) is 10.3 Å². The minimum atomic E-state index is -0.940. The Hall–Kier alpha value is -2.31. The van der Waals surface area contributed by atoms with Crippen molar-refractivity contribution >= 4 is 12.0 Å². The highest BCUT2D eigenvalue weighted by Crippen LogP contribution is 2.21. The number of pyridine rings is 1. The van der Waals surface area contributed by atoms with E-state index in [0.717, 1.165) is 0 Å². The molecule has 7 heteroatoms. The van der Waals surface area contributed by atoms with Crippen LogP contribution in [0.2, 0.25) is 0 Å². The zero-order valence-electron chi connectivity index (χ0n) is 10.7. The first-order valence-corrected chi connectivity index (χ1v) is 5.85. The van der Waals surface area contributed by atoms with Gasteiger partial charge in [0, 0.05) is 7.05 Å². The summed E-state index contributed by atoms with van der Waals surface area (Å²) in [7, 11) is 1.54. The van der Waals surface area contributed by atoms with Gasteiger partial charge in [-0.15, -0.1) is 0 Å². The third-order valence-corrected chi connectivity index (χ3v) is 2.91. The normalized spacial score (nSPS) is 14.7. The molecule has 0 unspecified atom stereocenters. The number of likely N-dealkylation sites (tertiary alicyclic amines) is 1. The zero-order valence-corrected chi connectivity index (χ0v) is 10.7. The Morgan fingerprint density at radius 2 is 2.16 bits per heavy atom. The van der Waals surface area contributed by atoms with E-state index in [4.69, 9.17) is 9.84 Å². The number of amides is 2. The van der Waals surface area contributed by atoms with E-state index in [-0.39, 0.29) is 12.0 Å². The predicted octanol–water partition coefficient (Wildman–Crippen LogP) is 0.491. The fourth-order valence-electron chi connectivity index (χ4n) is 1.78. The fourth-order valence-corrected chi connectivity index (χ4v) is 1.78. The van der Waals surface area contributed by atoms with Crippen LogP contribution in [0.1, 0.15) is 16.2 Å². The molecule has 2 heterocycles. The third-order valence-electron chi connectivity index (χ3n) is 2.91. The summed E-state index contributed by atoms with van der Waals surface area (Å²) in [6, 6.07) is 3.26. The number of nitrogens with one attached hydrogen (secondary N) is 1. The Bertz CT molecular complexity index is 512. The summed E-state index contributed by atoms with van der Waals surface area (Å²) in [5.74, 6) is 0.318. The number of hydrogen-bond acceptors (Lipinski definition) is 4. The Balaban J connectivity index is 1.99. The smallest absolute Gasteiger partial charge is 0.407 e. The van der Waals surface area contributed by atoms with Crippen molar-refractivity contribution in [1.82, 2.24) is 15.2 Å². The highest BCUT2D eigenvalue weighted by Gasteiger charge is 2.32. The first-order valence-electron chi connectivity index (χ1n) is 5.85. The van der Waals surface area contributed by atoms with Gasteiger partial charge in [0.15, 0.2) is 0 Å². The molecule has 1 aliphatic rings. The van der Waals surface area contributed by atoms with Crippen LogP contribution in [0.4, 0.5) is 4.79 Å². The van der Waals surface area contributed by atoms with E-state index in [1.54, 1.807) is 26.1 Å². The molecule has 1 aliphatic heterocycles. The van der Waals surface area contributed by atoms with E-state index in [1.165, 1.54) is 4.90 Å². The molecule has 2 amide bonds. The minimum Gasteiger partial charge on any atom is -0.485 e. The molecule has 2 N–H and O–H groups in total. The van der Waals surface area contributed by atoms with Crippen LogP contribution in [0.15, 0.2) is 12.1 Å². The van der Waals surface area contributed by atoms with Crippen LogP contribution in [-0.2, 0) is 0 Å². The summed E-state index contributed by atoms with van der Waals surface area (Å²) in [6.07, 6.45) is -1.09. The van der Waals surface area contributed by atoms with Crippen LogP contribution in [0.3, 0.4) is 0 Å². The van der Waals surface area contributed by atoms with Crippen LogP contribution in [0.5, 0.6) is 5.75 Å². The summed E-state index contributed by atoms with van der Waals surface area (Å²) in [6.45, 7) is 2.45. The first kappa shape index (κ1) is 13.1. The quantitative estimate of drug-likeness (QED) is 0.830. The molecule has 0 radical (unpaired) electrons. The fraction of sp³-hybridized carbons (Fsp3) is 0.417. The summed E-state index contributed by atoms with van der Waals surface area (Å²) in [4.78, 5) is 27.4. The highest BCUT2D eigenvalue weighted by molar-refractivity contribution is 5.92. The van der Waals surface area contributed by atoms with Crippen LogP contribution < -0.4 is 10.1 Å². The van der Waals surface area contributed by atoms with E-state index < -0.39 is 6.09 Å². The van der Waals surface area contributed by atoms with Gasteiger partial charge >= 0.3 is 6.09 Å². The second-order valence-corrected chi connectivity index (χ2v) is 4.29. The van der Waals surface area contributed by atoms with Crippen molar-refractivity contribution < 1.29 is 19.4 Å². The molecular formula is C12H15N3O4. The largest absolute Gasteiger partial charge is 0.485 e. The number of carboxylic acid groups (broad SMARTS) is 1. The lowest BCUT2D eigenvalue weighted by molar-refractivity contribution is 0.0246. The molecule has 2 rings (SSSR count). The van der Waals surface area contributed by atoms with Crippen molar-refractivity contribution in [2.75, 3.05) is 20.1 Å². The number of hydrogen-bond donors (Lipinski definition) is 2. The summed E-state index contributed by atoms with van der Waals surface area (Å²) in [5, 5.41) is 11.2. The van der Waals surface area contributed by atoms with Gasteiger partial charge in [0.05, 0.1) is 18.8 Å². The molecule has 0 aromatic carbocycles. The van der Waals surface area contributed by atoms with Crippen LogP contribution in [-0.4, -0.2) is 53.2 Å². The van der Waals surface area contributed by atoms with Gasteiger partial charge in [-0.1, -0.05) is 0 Å². The van der Waals surface area contributed by atoms with Crippen LogP contribution >= 0.6 is 0 Å². The Morgan fingerprint density at radius 3 is 2.68 bits per heavy atom.